The van der Waals surface area contributed by atoms with Gasteiger partial charge in [0, 0.05) is 19.6 Å². The number of likely N-dealkylation sites (tertiary alicyclic amines) is 1. The average Bonchev–Trinajstić information content (AvgIpc) is 3.11. The molecule has 0 radical (unpaired) electrons. The number of hydrogen-bond donors (Lipinski definition) is 2. The summed E-state index contributed by atoms with van der Waals surface area (Å²) in [5.74, 6) is -0.300. The summed E-state index contributed by atoms with van der Waals surface area (Å²) in [6.45, 7) is 1.77. The number of nitrogens with one attached hydrogen (secondary N) is 1. The van der Waals surface area contributed by atoms with E-state index in [4.69, 9.17) is 9.84 Å². The molecule has 3 rings (SSSR count). The number of rotatable bonds is 5. The molecule has 9 heteroatoms. The van der Waals surface area contributed by atoms with Crippen LogP contribution in [0.2, 0.25) is 0 Å². The standard InChI is InChI=1S/C17H21N5O4/c1-26-15-7-3-2-6-13(15)18-17(25)21-8-4-5-12(9-21)10-22-11-14(16(23)24)19-20-22/h2-3,6-7,11-12H,4-5,8-10H2,1H3,(H,18,25)(H,23,24). The van der Waals surface area contributed by atoms with Crippen molar-refractivity contribution in [3.63, 3.8) is 0 Å². The van der Waals surface area contributed by atoms with E-state index in [9.17, 15) is 9.59 Å². The fourth-order valence-corrected chi connectivity index (χ4v) is 3.09. The lowest BCUT2D eigenvalue weighted by Crippen LogP contribution is -2.43. The second-order valence-electron chi connectivity index (χ2n) is 6.22. The fourth-order valence-electron chi connectivity index (χ4n) is 3.09. The molecule has 2 N–H and O–H groups in total. The smallest absolute Gasteiger partial charge is 0.358 e. The van der Waals surface area contributed by atoms with Crippen molar-refractivity contribution < 1.29 is 19.4 Å². The van der Waals surface area contributed by atoms with Crippen molar-refractivity contribution in [3.05, 3.63) is 36.2 Å². The molecule has 0 spiro atoms. The maximum Gasteiger partial charge on any atom is 0.358 e. The van der Waals surface area contributed by atoms with Gasteiger partial charge in [0.05, 0.1) is 19.0 Å². The van der Waals surface area contributed by atoms with Gasteiger partial charge in [-0.3, -0.25) is 4.68 Å². The first-order valence-electron chi connectivity index (χ1n) is 8.39. The molecule has 1 aliphatic heterocycles. The topological polar surface area (TPSA) is 110 Å². The summed E-state index contributed by atoms with van der Waals surface area (Å²) < 4.78 is 6.78. The molecule has 1 aliphatic rings. The van der Waals surface area contributed by atoms with Gasteiger partial charge < -0.3 is 20.1 Å². The van der Waals surface area contributed by atoms with Crippen molar-refractivity contribution in [1.82, 2.24) is 19.9 Å². The number of carbonyl (C=O) groups is 2. The summed E-state index contributed by atoms with van der Waals surface area (Å²) in [4.78, 5) is 25.2. The van der Waals surface area contributed by atoms with Gasteiger partial charge >= 0.3 is 12.0 Å². The van der Waals surface area contributed by atoms with Gasteiger partial charge in [0.25, 0.3) is 0 Å². The van der Waals surface area contributed by atoms with E-state index in [1.54, 1.807) is 24.1 Å². The highest BCUT2D eigenvalue weighted by atomic mass is 16.5. The molecule has 0 saturated carbocycles. The van der Waals surface area contributed by atoms with Crippen LogP contribution >= 0.6 is 0 Å². The maximum atomic E-state index is 12.6. The van der Waals surface area contributed by atoms with Gasteiger partial charge in [-0.25, -0.2) is 9.59 Å². The number of carboxylic acid groups (broad SMARTS) is 1. The molecule has 1 aromatic carbocycles. The van der Waals surface area contributed by atoms with Crippen LogP contribution in [0.25, 0.3) is 0 Å². The molecule has 1 atom stereocenters. The Morgan fingerprint density at radius 2 is 2.19 bits per heavy atom. The summed E-state index contributed by atoms with van der Waals surface area (Å²) in [7, 11) is 1.56. The Labute approximate surface area is 150 Å². The second-order valence-corrected chi connectivity index (χ2v) is 6.22. The Morgan fingerprint density at radius 1 is 1.38 bits per heavy atom. The Hall–Kier alpha value is -3.10. The van der Waals surface area contributed by atoms with E-state index in [0.29, 0.717) is 31.1 Å². The van der Waals surface area contributed by atoms with Crippen molar-refractivity contribution >= 4 is 17.7 Å². The number of aromatic carboxylic acids is 1. The second kappa shape index (κ2) is 7.85. The van der Waals surface area contributed by atoms with Crippen molar-refractivity contribution in [3.8, 4) is 5.75 Å². The minimum atomic E-state index is -1.10. The summed E-state index contributed by atoms with van der Waals surface area (Å²) in [6.07, 6.45) is 3.24. The van der Waals surface area contributed by atoms with Gasteiger partial charge in [-0.1, -0.05) is 17.3 Å². The summed E-state index contributed by atoms with van der Waals surface area (Å²) in [6, 6.07) is 7.08. The number of para-hydroxylation sites is 2. The molecule has 2 heterocycles. The van der Waals surface area contributed by atoms with Crippen molar-refractivity contribution in [1.29, 1.82) is 0 Å². The number of hydrogen-bond acceptors (Lipinski definition) is 5. The molecular weight excluding hydrogens is 338 g/mol. The van der Waals surface area contributed by atoms with Gasteiger partial charge in [-0.15, -0.1) is 5.10 Å². The van der Waals surface area contributed by atoms with Gasteiger partial charge in [0.2, 0.25) is 0 Å². The van der Waals surface area contributed by atoms with Gasteiger partial charge in [-0.2, -0.15) is 0 Å². The monoisotopic (exact) mass is 359 g/mol. The van der Waals surface area contributed by atoms with E-state index in [0.717, 1.165) is 12.8 Å². The SMILES string of the molecule is COc1ccccc1NC(=O)N1CCCC(Cn2cc(C(=O)O)nn2)C1. The molecule has 0 aliphatic carbocycles. The number of ether oxygens (including phenoxy) is 1. The molecule has 1 unspecified atom stereocenters. The molecule has 1 saturated heterocycles. The van der Waals surface area contributed by atoms with Crippen LogP contribution < -0.4 is 10.1 Å². The Kier molecular flexibility index (Phi) is 5.35. The van der Waals surface area contributed by atoms with Crippen molar-refractivity contribution in [2.45, 2.75) is 19.4 Å². The van der Waals surface area contributed by atoms with Gasteiger partial charge in [-0.05, 0) is 30.9 Å². The Bertz CT molecular complexity index is 791. The van der Waals surface area contributed by atoms with E-state index in [1.165, 1.54) is 10.9 Å². The van der Waals surface area contributed by atoms with E-state index < -0.39 is 5.97 Å². The third-order valence-corrected chi connectivity index (χ3v) is 4.36. The van der Waals surface area contributed by atoms with Crippen LogP contribution in [0, 0.1) is 5.92 Å². The first kappa shape index (κ1) is 17.7. The predicted octanol–water partition coefficient (Wildman–Crippen LogP) is 1.93. The molecular formula is C17H21N5O4. The predicted molar refractivity (Wildman–Crippen MR) is 93.3 cm³/mol. The van der Waals surface area contributed by atoms with Crippen LogP contribution in [0.4, 0.5) is 10.5 Å². The minimum absolute atomic E-state index is 0.0772. The summed E-state index contributed by atoms with van der Waals surface area (Å²) in [5.41, 5.74) is 0.552. The largest absolute Gasteiger partial charge is 0.495 e. The average molecular weight is 359 g/mol. The Balaban J connectivity index is 1.60. The number of benzene rings is 1. The number of anilines is 1. The molecule has 1 aromatic heterocycles. The van der Waals surface area contributed by atoms with Crippen LogP contribution in [0.1, 0.15) is 23.3 Å². The normalized spacial score (nSPS) is 17.0. The van der Waals surface area contributed by atoms with Crippen LogP contribution in [-0.2, 0) is 6.54 Å². The third-order valence-electron chi connectivity index (χ3n) is 4.36. The molecule has 2 amide bonds. The number of urea groups is 1. The zero-order valence-corrected chi connectivity index (χ0v) is 14.5. The van der Waals surface area contributed by atoms with Crippen LogP contribution in [0.5, 0.6) is 5.75 Å². The zero-order chi connectivity index (χ0) is 18.5. The maximum absolute atomic E-state index is 12.6. The number of aromatic nitrogens is 3. The van der Waals surface area contributed by atoms with E-state index in [-0.39, 0.29) is 17.6 Å². The van der Waals surface area contributed by atoms with Crippen LogP contribution in [0.3, 0.4) is 0 Å². The number of carbonyl (C=O) groups excluding carboxylic acids is 1. The zero-order valence-electron chi connectivity index (χ0n) is 14.5. The molecule has 2 aromatic rings. The third kappa shape index (κ3) is 4.11. The van der Waals surface area contributed by atoms with Crippen LogP contribution in [0.15, 0.2) is 30.5 Å². The molecule has 138 valence electrons. The summed E-state index contributed by atoms with van der Waals surface area (Å²) in [5, 5.41) is 19.3. The molecule has 0 bridgehead atoms. The number of methoxy groups -OCH3 is 1. The molecule has 9 nitrogen and oxygen atoms in total. The molecule has 1 fully saturated rings. The lowest BCUT2D eigenvalue weighted by molar-refractivity contribution is 0.0690. The highest BCUT2D eigenvalue weighted by Crippen LogP contribution is 2.25. The number of carboxylic acids is 1. The highest BCUT2D eigenvalue weighted by molar-refractivity contribution is 5.91. The van der Waals surface area contributed by atoms with Gasteiger partial charge in [0.15, 0.2) is 5.69 Å². The van der Waals surface area contributed by atoms with Crippen molar-refractivity contribution in [2.75, 3.05) is 25.5 Å². The van der Waals surface area contributed by atoms with E-state index in [1.807, 2.05) is 12.1 Å². The lowest BCUT2D eigenvalue weighted by atomic mass is 9.98. The van der Waals surface area contributed by atoms with E-state index >= 15 is 0 Å². The quantitative estimate of drug-likeness (QED) is 0.844. The fraction of sp³-hybridized carbons (Fsp3) is 0.412. The highest BCUT2D eigenvalue weighted by Gasteiger charge is 2.25. The van der Waals surface area contributed by atoms with Gasteiger partial charge in [0.1, 0.15) is 5.75 Å². The first-order chi connectivity index (χ1) is 12.6. The minimum Gasteiger partial charge on any atom is -0.495 e. The first-order valence-corrected chi connectivity index (χ1v) is 8.39. The van der Waals surface area contributed by atoms with Crippen molar-refractivity contribution in [2.24, 2.45) is 5.92 Å². The van der Waals surface area contributed by atoms with E-state index in [2.05, 4.69) is 15.6 Å². The van der Waals surface area contributed by atoms with Crippen LogP contribution in [-0.4, -0.2) is 57.2 Å². The molecule has 26 heavy (non-hydrogen) atoms. The number of piperidine rings is 1. The Morgan fingerprint density at radius 3 is 2.92 bits per heavy atom. The summed E-state index contributed by atoms with van der Waals surface area (Å²) >= 11 is 0. The number of nitrogens with zero attached hydrogens (tertiary/aromatic N) is 4. The number of amides is 2. The lowest BCUT2D eigenvalue weighted by Gasteiger charge is -2.32.